The first-order chi connectivity index (χ1) is 10.2. The van der Waals surface area contributed by atoms with Crippen LogP contribution in [0.25, 0.3) is 10.8 Å². The Morgan fingerprint density at radius 1 is 1.05 bits per heavy atom. The maximum Gasteiger partial charge on any atom is 0.131 e. The smallest absolute Gasteiger partial charge is 0.131 e. The van der Waals surface area contributed by atoms with E-state index in [2.05, 4.69) is 29.9 Å². The molecule has 0 radical (unpaired) electrons. The van der Waals surface area contributed by atoms with Crippen LogP contribution < -0.4 is 5.32 Å². The molecule has 0 amide bonds. The fourth-order valence-corrected chi connectivity index (χ4v) is 3.67. The summed E-state index contributed by atoms with van der Waals surface area (Å²) in [6, 6.07) is 11.3. The monoisotopic (exact) mass is 299 g/mol. The van der Waals surface area contributed by atoms with Crippen LogP contribution in [-0.2, 0) is 0 Å². The molecule has 1 heterocycles. The minimum Gasteiger partial charge on any atom is -0.306 e. The summed E-state index contributed by atoms with van der Waals surface area (Å²) in [5.41, 5.74) is 3.69. The number of hydrogen-bond acceptors (Lipinski definition) is 2. The molecule has 0 aliphatic rings. The zero-order chi connectivity index (χ0) is 14.8. The summed E-state index contributed by atoms with van der Waals surface area (Å²) in [6.07, 6.45) is 0. The van der Waals surface area contributed by atoms with Gasteiger partial charge in [-0.1, -0.05) is 37.3 Å². The van der Waals surface area contributed by atoms with Crippen LogP contribution in [0.2, 0.25) is 0 Å². The first kappa shape index (κ1) is 14.2. The van der Waals surface area contributed by atoms with E-state index in [-0.39, 0.29) is 11.9 Å². The van der Waals surface area contributed by atoms with Crippen molar-refractivity contribution in [2.24, 2.45) is 0 Å². The molecule has 3 aromatic rings. The van der Waals surface area contributed by atoms with Gasteiger partial charge >= 0.3 is 0 Å². The molecule has 1 N–H and O–H groups in total. The van der Waals surface area contributed by atoms with Gasteiger partial charge in [-0.15, -0.1) is 0 Å². The molecule has 0 spiro atoms. The Labute approximate surface area is 128 Å². The van der Waals surface area contributed by atoms with Gasteiger partial charge in [0, 0.05) is 5.39 Å². The van der Waals surface area contributed by atoms with Crippen molar-refractivity contribution in [1.82, 2.24) is 5.32 Å². The summed E-state index contributed by atoms with van der Waals surface area (Å²) >= 11 is 1.71. The predicted molar refractivity (Wildman–Crippen MR) is 88.5 cm³/mol. The Morgan fingerprint density at radius 3 is 2.48 bits per heavy atom. The van der Waals surface area contributed by atoms with Crippen molar-refractivity contribution in [3.05, 3.63) is 69.7 Å². The van der Waals surface area contributed by atoms with E-state index in [0.717, 1.165) is 17.5 Å². The second kappa shape index (κ2) is 5.96. The summed E-state index contributed by atoms with van der Waals surface area (Å²) in [4.78, 5) is 0. The van der Waals surface area contributed by atoms with Gasteiger partial charge in [0.1, 0.15) is 5.82 Å². The van der Waals surface area contributed by atoms with Crippen molar-refractivity contribution in [3.63, 3.8) is 0 Å². The van der Waals surface area contributed by atoms with Crippen LogP contribution in [0.15, 0.2) is 47.2 Å². The zero-order valence-electron chi connectivity index (χ0n) is 12.2. The Bertz CT molecular complexity index is 763. The van der Waals surface area contributed by atoms with Gasteiger partial charge in [0.2, 0.25) is 0 Å². The zero-order valence-corrected chi connectivity index (χ0v) is 13.0. The largest absolute Gasteiger partial charge is 0.306 e. The Morgan fingerprint density at radius 2 is 1.81 bits per heavy atom. The number of thiophene rings is 1. The van der Waals surface area contributed by atoms with Crippen LogP contribution in [0.5, 0.6) is 0 Å². The first-order valence-electron chi connectivity index (χ1n) is 7.15. The average Bonchev–Trinajstić information content (AvgIpc) is 2.92. The number of halogens is 1. The molecule has 0 aliphatic carbocycles. The molecule has 0 bridgehead atoms. The quantitative estimate of drug-likeness (QED) is 0.711. The molecule has 2 aromatic carbocycles. The third kappa shape index (κ3) is 2.59. The second-order valence-electron chi connectivity index (χ2n) is 5.18. The van der Waals surface area contributed by atoms with Gasteiger partial charge in [0.25, 0.3) is 0 Å². The van der Waals surface area contributed by atoms with E-state index in [1.54, 1.807) is 17.4 Å². The lowest BCUT2D eigenvalue weighted by Gasteiger charge is -2.21. The molecule has 108 valence electrons. The molecule has 3 heteroatoms. The number of fused-ring (bicyclic) bond motifs is 1. The lowest BCUT2D eigenvalue weighted by Crippen LogP contribution is -2.22. The van der Waals surface area contributed by atoms with E-state index in [4.69, 9.17) is 0 Å². The summed E-state index contributed by atoms with van der Waals surface area (Å²) in [5, 5.41) is 9.54. The highest BCUT2D eigenvalue weighted by Gasteiger charge is 2.19. The minimum atomic E-state index is -0.161. The lowest BCUT2D eigenvalue weighted by molar-refractivity contribution is 0.624. The van der Waals surface area contributed by atoms with Gasteiger partial charge in [0.05, 0.1) is 6.04 Å². The molecule has 0 saturated heterocycles. The van der Waals surface area contributed by atoms with E-state index < -0.39 is 0 Å². The Kier molecular flexibility index (Phi) is 4.04. The fraction of sp³-hybridized carbons (Fsp3) is 0.222. The molecule has 0 fully saturated rings. The third-order valence-corrected chi connectivity index (χ3v) is 4.71. The van der Waals surface area contributed by atoms with Crippen molar-refractivity contribution in [3.8, 4) is 0 Å². The van der Waals surface area contributed by atoms with Gasteiger partial charge in [-0.2, -0.15) is 11.3 Å². The van der Waals surface area contributed by atoms with Crippen molar-refractivity contribution in [2.45, 2.75) is 19.9 Å². The molecule has 1 nitrogen and oxygen atoms in total. The van der Waals surface area contributed by atoms with Gasteiger partial charge in [-0.05, 0) is 52.4 Å². The molecular weight excluding hydrogens is 281 g/mol. The predicted octanol–water partition coefficient (Wildman–Crippen LogP) is 5.05. The van der Waals surface area contributed by atoms with E-state index in [0.29, 0.717) is 5.39 Å². The molecule has 1 unspecified atom stereocenters. The molecule has 1 aromatic heterocycles. The fourth-order valence-electron chi connectivity index (χ4n) is 2.79. The van der Waals surface area contributed by atoms with Crippen LogP contribution in [0.4, 0.5) is 4.39 Å². The normalized spacial score (nSPS) is 12.7. The minimum absolute atomic E-state index is 0.103. The maximum atomic E-state index is 14.0. The van der Waals surface area contributed by atoms with Crippen molar-refractivity contribution in [1.29, 1.82) is 0 Å². The van der Waals surface area contributed by atoms with Crippen LogP contribution in [0, 0.1) is 12.7 Å². The highest BCUT2D eigenvalue weighted by atomic mass is 32.1. The van der Waals surface area contributed by atoms with Crippen molar-refractivity contribution in [2.75, 3.05) is 6.54 Å². The lowest BCUT2D eigenvalue weighted by atomic mass is 9.93. The van der Waals surface area contributed by atoms with Gasteiger partial charge in [-0.3, -0.25) is 0 Å². The SMILES string of the molecule is CCNC(c1cscc1C)c1ccc(F)c2ccccc12. The van der Waals surface area contributed by atoms with Gasteiger partial charge < -0.3 is 5.32 Å². The van der Waals surface area contributed by atoms with Crippen molar-refractivity contribution >= 4 is 22.1 Å². The maximum absolute atomic E-state index is 14.0. The van der Waals surface area contributed by atoms with Crippen LogP contribution in [0.1, 0.15) is 29.7 Å². The van der Waals surface area contributed by atoms with E-state index in [9.17, 15) is 4.39 Å². The van der Waals surface area contributed by atoms with Crippen LogP contribution in [0.3, 0.4) is 0 Å². The van der Waals surface area contributed by atoms with Crippen LogP contribution >= 0.6 is 11.3 Å². The standard InChI is InChI=1S/C18H18FNS/c1-3-20-18(16-11-21-10-12(16)2)15-8-9-17(19)14-7-5-4-6-13(14)15/h4-11,18,20H,3H2,1-2H3. The summed E-state index contributed by atoms with van der Waals surface area (Å²) in [5.74, 6) is -0.161. The summed E-state index contributed by atoms with van der Waals surface area (Å²) in [7, 11) is 0. The average molecular weight is 299 g/mol. The summed E-state index contributed by atoms with van der Waals surface area (Å²) in [6.45, 7) is 5.09. The van der Waals surface area contributed by atoms with Gasteiger partial charge in [-0.25, -0.2) is 4.39 Å². The van der Waals surface area contributed by atoms with Gasteiger partial charge in [0.15, 0.2) is 0 Å². The number of aryl methyl sites for hydroxylation is 1. The Balaban J connectivity index is 2.21. The second-order valence-corrected chi connectivity index (χ2v) is 5.93. The molecular formula is C18H18FNS. The topological polar surface area (TPSA) is 12.0 Å². The van der Waals surface area contributed by atoms with Crippen molar-refractivity contribution < 1.29 is 4.39 Å². The molecule has 3 rings (SSSR count). The Hall–Kier alpha value is -1.71. The molecule has 1 atom stereocenters. The first-order valence-corrected chi connectivity index (χ1v) is 8.10. The number of hydrogen-bond donors (Lipinski definition) is 1. The van der Waals surface area contributed by atoms with E-state index in [1.807, 2.05) is 30.3 Å². The number of rotatable bonds is 4. The third-order valence-electron chi connectivity index (χ3n) is 3.83. The van der Waals surface area contributed by atoms with E-state index >= 15 is 0 Å². The summed E-state index contributed by atoms with van der Waals surface area (Å²) < 4.78 is 14.0. The molecule has 21 heavy (non-hydrogen) atoms. The van der Waals surface area contributed by atoms with E-state index in [1.165, 1.54) is 11.1 Å². The highest BCUT2D eigenvalue weighted by molar-refractivity contribution is 7.08. The number of nitrogens with one attached hydrogen (secondary N) is 1. The van der Waals surface area contributed by atoms with Crippen LogP contribution in [-0.4, -0.2) is 6.54 Å². The highest BCUT2D eigenvalue weighted by Crippen LogP contribution is 2.33. The number of benzene rings is 2. The molecule has 0 aliphatic heterocycles. The molecule has 0 saturated carbocycles.